The Hall–Kier alpha value is -2.86. The number of carbonyl (C=O) groups is 3. The topological polar surface area (TPSA) is 92.7 Å². The van der Waals surface area contributed by atoms with Crippen molar-refractivity contribution in [2.24, 2.45) is 0 Å². The molecular weight excluding hydrogens is 346 g/mol. The second kappa shape index (κ2) is 8.30. The Morgan fingerprint density at radius 2 is 1.76 bits per heavy atom. The van der Waals surface area contributed by atoms with Gasteiger partial charge in [0, 0.05) is 23.9 Å². The van der Waals surface area contributed by atoms with Gasteiger partial charge in [0.15, 0.2) is 0 Å². The van der Waals surface area contributed by atoms with Gasteiger partial charge in [0.05, 0.1) is 0 Å². The van der Waals surface area contributed by atoms with Gasteiger partial charge in [-0.2, -0.15) is 0 Å². The maximum atomic E-state index is 12.3. The Kier molecular flexibility index (Phi) is 6.14. The van der Waals surface area contributed by atoms with Gasteiger partial charge in [-0.1, -0.05) is 29.8 Å². The minimum atomic E-state index is -1.16. The first-order valence-electron chi connectivity index (χ1n) is 7.42. The molecule has 2 aromatic rings. The Morgan fingerprint density at radius 3 is 2.32 bits per heavy atom. The van der Waals surface area contributed by atoms with Crippen LogP contribution >= 0.6 is 11.6 Å². The summed E-state index contributed by atoms with van der Waals surface area (Å²) in [6, 6.07) is 11.5. The van der Waals surface area contributed by atoms with E-state index >= 15 is 0 Å². The molecule has 0 fully saturated rings. The van der Waals surface area contributed by atoms with Crippen molar-refractivity contribution in [1.29, 1.82) is 0 Å². The van der Waals surface area contributed by atoms with Gasteiger partial charge in [-0.3, -0.25) is 9.59 Å². The second-order valence-corrected chi connectivity index (χ2v) is 5.69. The normalized spacial score (nSPS) is 11.4. The highest BCUT2D eigenvalue weighted by Gasteiger charge is 2.22. The molecule has 2 rings (SSSR count). The van der Waals surface area contributed by atoms with E-state index in [2.05, 4.69) is 5.32 Å². The number of benzene rings is 2. The Bertz CT molecular complexity index is 788. The van der Waals surface area contributed by atoms with Crippen LogP contribution in [-0.4, -0.2) is 29.0 Å². The van der Waals surface area contributed by atoms with Crippen LogP contribution in [0, 0.1) is 0 Å². The van der Waals surface area contributed by atoms with Crippen LogP contribution in [0.15, 0.2) is 48.5 Å². The number of rotatable bonds is 6. The molecule has 0 unspecified atom stereocenters. The number of amides is 1. The van der Waals surface area contributed by atoms with E-state index < -0.39 is 23.9 Å². The second-order valence-electron chi connectivity index (χ2n) is 5.28. The Balaban J connectivity index is 2.08. The van der Waals surface area contributed by atoms with Gasteiger partial charge >= 0.3 is 11.9 Å². The molecule has 25 heavy (non-hydrogen) atoms. The molecule has 0 saturated carbocycles. The predicted molar refractivity (Wildman–Crippen MR) is 91.8 cm³/mol. The molecule has 0 bridgehead atoms. The van der Waals surface area contributed by atoms with Gasteiger partial charge < -0.3 is 15.2 Å². The average molecular weight is 362 g/mol. The number of hydrogen-bond donors (Lipinski definition) is 2. The molecule has 1 atom stereocenters. The number of halogens is 1. The number of hydrogen-bond acceptors (Lipinski definition) is 4. The van der Waals surface area contributed by atoms with Gasteiger partial charge in [-0.05, 0) is 35.9 Å². The van der Waals surface area contributed by atoms with Gasteiger partial charge in [-0.15, -0.1) is 0 Å². The van der Waals surface area contributed by atoms with Crippen LogP contribution in [0.3, 0.4) is 0 Å². The van der Waals surface area contributed by atoms with Crippen molar-refractivity contribution < 1.29 is 24.2 Å². The first-order chi connectivity index (χ1) is 11.9. The van der Waals surface area contributed by atoms with Crippen molar-refractivity contribution in [3.05, 3.63) is 64.7 Å². The lowest BCUT2D eigenvalue weighted by molar-refractivity contribution is -0.139. The monoisotopic (exact) mass is 361 g/mol. The van der Waals surface area contributed by atoms with E-state index in [1.807, 2.05) is 0 Å². The molecule has 2 N–H and O–H groups in total. The Morgan fingerprint density at radius 1 is 1.12 bits per heavy atom. The molecule has 0 heterocycles. The quantitative estimate of drug-likeness (QED) is 0.609. The number of aliphatic carboxylic acids is 1. The van der Waals surface area contributed by atoms with Gasteiger partial charge in [0.25, 0.3) is 5.91 Å². The van der Waals surface area contributed by atoms with E-state index in [9.17, 15) is 19.5 Å². The standard InChI is InChI=1S/C18H16ClNO5/c1-11(21)25-14-8-6-12(7-9-14)17(22)20-16(18(23)24)10-13-4-2-3-5-15(13)19/h2-9,16H,10H2,1H3,(H,20,22)(H,23,24)/t16-/m0/s1. The highest BCUT2D eigenvalue weighted by atomic mass is 35.5. The van der Waals surface area contributed by atoms with Crippen LogP contribution in [0.25, 0.3) is 0 Å². The molecule has 0 aliphatic heterocycles. The Labute approximate surface area is 149 Å². The molecule has 6 nitrogen and oxygen atoms in total. The molecule has 0 saturated heterocycles. The largest absolute Gasteiger partial charge is 0.480 e. The lowest BCUT2D eigenvalue weighted by Crippen LogP contribution is -2.42. The van der Waals surface area contributed by atoms with Crippen molar-refractivity contribution in [3.8, 4) is 5.75 Å². The number of carbonyl (C=O) groups excluding carboxylic acids is 2. The van der Waals surface area contributed by atoms with Crippen molar-refractivity contribution >= 4 is 29.4 Å². The van der Waals surface area contributed by atoms with Crippen LogP contribution in [-0.2, 0) is 16.0 Å². The first-order valence-corrected chi connectivity index (χ1v) is 7.80. The number of carboxylic acid groups (broad SMARTS) is 1. The zero-order chi connectivity index (χ0) is 18.4. The summed E-state index contributed by atoms with van der Waals surface area (Å²) in [5.74, 6) is -1.88. The van der Waals surface area contributed by atoms with Gasteiger partial charge in [0.1, 0.15) is 11.8 Å². The summed E-state index contributed by atoms with van der Waals surface area (Å²) in [7, 11) is 0. The first kappa shape index (κ1) is 18.5. The molecule has 7 heteroatoms. The summed E-state index contributed by atoms with van der Waals surface area (Å²) in [4.78, 5) is 34.6. The fraction of sp³-hybridized carbons (Fsp3) is 0.167. The summed E-state index contributed by atoms with van der Waals surface area (Å²) in [6.07, 6.45) is 0.0618. The van der Waals surface area contributed by atoms with Crippen LogP contribution in [0.4, 0.5) is 0 Å². The zero-order valence-corrected chi connectivity index (χ0v) is 14.1. The van der Waals surface area contributed by atoms with Crippen molar-refractivity contribution in [2.45, 2.75) is 19.4 Å². The summed E-state index contributed by atoms with van der Waals surface area (Å²) in [5, 5.41) is 12.3. The summed E-state index contributed by atoms with van der Waals surface area (Å²) >= 11 is 6.04. The third-order valence-corrected chi connectivity index (χ3v) is 3.73. The minimum Gasteiger partial charge on any atom is -0.480 e. The van der Waals surface area contributed by atoms with Crippen LogP contribution in [0.2, 0.25) is 5.02 Å². The molecule has 0 radical (unpaired) electrons. The average Bonchev–Trinajstić information content (AvgIpc) is 2.56. The lowest BCUT2D eigenvalue weighted by Gasteiger charge is -2.15. The van der Waals surface area contributed by atoms with Crippen molar-refractivity contribution in [3.63, 3.8) is 0 Å². The van der Waals surface area contributed by atoms with E-state index in [-0.39, 0.29) is 12.0 Å². The van der Waals surface area contributed by atoms with Crippen molar-refractivity contribution in [1.82, 2.24) is 5.32 Å². The van der Waals surface area contributed by atoms with Gasteiger partial charge in [0.2, 0.25) is 0 Å². The third-order valence-electron chi connectivity index (χ3n) is 3.36. The van der Waals surface area contributed by atoms with Crippen LogP contribution < -0.4 is 10.1 Å². The fourth-order valence-electron chi connectivity index (χ4n) is 2.17. The number of nitrogens with one attached hydrogen (secondary N) is 1. The summed E-state index contributed by atoms with van der Waals surface area (Å²) < 4.78 is 4.88. The minimum absolute atomic E-state index is 0.0618. The smallest absolute Gasteiger partial charge is 0.326 e. The van der Waals surface area contributed by atoms with Gasteiger partial charge in [-0.25, -0.2) is 4.79 Å². The highest BCUT2D eigenvalue weighted by Crippen LogP contribution is 2.17. The molecule has 2 aromatic carbocycles. The van der Waals surface area contributed by atoms with Crippen LogP contribution in [0.5, 0.6) is 5.75 Å². The lowest BCUT2D eigenvalue weighted by atomic mass is 10.1. The molecule has 0 aromatic heterocycles. The number of ether oxygens (including phenoxy) is 1. The molecular formula is C18H16ClNO5. The van der Waals surface area contributed by atoms with E-state index in [0.29, 0.717) is 16.3 Å². The summed E-state index contributed by atoms with van der Waals surface area (Å²) in [6.45, 7) is 1.27. The maximum absolute atomic E-state index is 12.3. The molecule has 0 aliphatic rings. The summed E-state index contributed by atoms with van der Waals surface area (Å²) in [5.41, 5.74) is 0.878. The maximum Gasteiger partial charge on any atom is 0.326 e. The van der Waals surface area contributed by atoms with E-state index in [0.717, 1.165) is 0 Å². The zero-order valence-electron chi connectivity index (χ0n) is 13.4. The third kappa shape index (κ3) is 5.32. The van der Waals surface area contributed by atoms with E-state index in [1.165, 1.54) is 31.2 Å². The predicted octanol–water partition coefficient (Wildman–Crippen LogP) is 2.69. The fourth-order valence-corrected chi connectivity index (χ4v) is 2.38. The van der Waals surface area contributed by atoms with Crippen molar-refractivity contribution in [2.75, 3.05) is 0 Å². The van der Waals surface area contributed by atoms with E-state index in [1.54, 1.807) is 24.3 Å². The van der Waals surface area contributed by atoms with Crippen LogP contribution in [0.1, 0.15) is 22.8 Å². The molecule has 1 amide bonds. The number of carboxylic acids is 1. The van der Waals surface area contributed by atoms with E-state index in [4.69, 9.17) is 16.3 Å². The molecule has 0 aliphatic carbocycles. The molecule has 130 valence electrons. The SMILES string of the molecule is CC(=O)Oc1ccc(C(=O)N[C@@H](Cc2ccccc2Cl)C(=O)O)cc1. The molecule has 0 spiro atoms. The highest BCUT2D eigenvalue weighted by molar-refractivity contribution is 6.31. The number of esters is 1.